The van der Waals surface area contributed by atoms with Crippen molar-refractivity contribution in [2.24, 2.45) is 0 Å². The molecule has 0 radical (unpaired) electrons. The summed E-state index contributed by atoms with van der Waals surface area (Å²) in [6.07, 6.45) is 0.619. The van der Waals surface area contributed by atoms with E-state index >= 15 is 0 Å². The number of benzene rings is 4. The molecule has 0 aliphatic rings. The Balaban J connectivity index is 1.83. The summed E-state index contributed by atoms with van der Waals surface area (Å²) in [7, 11) is -3.53. The van der Waals surface area contributed by atoms with Crippen LogP contribution in [0, 0.1) is 13.8 Å². The topological polar surface area (TPSA) is 34.1 Å². The van der Waals surface area contributed by atoms with Crippen LogP contribution in [-0.2, 0) is 11.0 Å². The molecular formula is C28H25O2P. The van der Waals surface area contributed by atoms with Crippen LogP contribution in [0.4, 0.5) is 0 Å². The van der Waals surface area contributed by atoms with E-state index in [0.29, 0.717) is 22.6 Å². The van der Waals surface area contributed by atoms with Gasteiger partial charge >= 0.3 is 0 Å². The quantitative estimate of drug-likeness (QED) is 0.353. The van der Waals surface area contributed by atoms with Crippen LogP contribution in [0.5, 0.6) is 0 Å². The third kappa shape index (κ3) is 4.31. The lowest BCUT2D eigenvalue weighted by molar-refractivity contribution is 0.107. The van der Waals surface area contributed by atoms with Gasteiger partial charge in [-0.15, -0.1) is 0 Å². The Kier molecular flexibility index (Phi) is 6.02. The fourth-order valence-corrected chi connectivity index (χ4v) is 6.61. The van der Waals surface area contributed by atoms with Crippen molar-refractivity contribution in [3.8, 4) is 0 Å². The lowest BCUT2D eigenvalue weighted by Gasteiger charge is -2.20. The molecule has 0 aliphatic carbocycles. The molecule has 0 atom stereocenters. The molecule has 0 bridgehead atoms. The molecular weight excluding hydrogens is 399 g/mol. The van der Waals surface area contributed by atoms with E-state index in [1.807, 2.05) is 54.6 Å². The predicted molar refractivity (Wildman–Crippen MR) is 129 cm³/mol. The molecule has 3 heteroatoms. The van der Waals surface area contributed by atoms with Gasteiger partial charge in [0, 0.05) is 16.2 Å². The van der Waals surface area contributed by atoms with Gasteiger partial charge in [-0.2, -0.15) is 0 Å². The van der Waals surface area contributed by atoms with Gasteiger partial charge in [-0.25, -0.2) is 0 Å². The SMILES string of the molecule is Cc1cc(C)cc(Cc2ccccc2C(=O)P(=O)(c2ccccc2)c2ccccc2)c1. The largest absolute Gasteiger partial charge is 0.305 e. The Bertz CT molecular complexity index is 1200. The number of hydrogen-bond donors (Lipinski definition) is 0. The Morgan fingerprint density at radius 3 is 1.71 bits per heavy atom. The van der Waals surface area contributed by atoms with Crippen molar-refractivity contribution in [2.75, 3.05) is 0 Å². The van der Waals surface area contributed by atoms with Crippen molar-refractivity contribution in [1.29, 1.82) is 0 Å². The van der Waals surface area contributed by atoms with E-state index < -0.39 is 7.14 Å². The van der Waals surface area contributed by atoms with Crippen LogP contribution >= 0.6 is 7.14 Å². The van der Waals surface area contributed by atoms with Crippen LogP contribution in [0.25, 0.3) is 0 Å². The van der Waals surface area contributed by atoms with Crippen LogP contribution < -0.4 is 10.6 Å². The van der Waals surface area contributed by atoms with Gasteiger partial charge in [0.15, 0.2) is 0 Å². The maximum atomic E-state index is 14.5. The summed E-state index contributed by atoms with van der Waals surface area (Å²) in [6.45, 7) is 4.15. The highest BCUT2D eigenvalue weighted by Gasteiger charge is 2.37. The molecule has 0 saturated heterocycles. The van der Waals surface area contributed by atoms with E-state index in [0.717, 1.165) is 11.1 Å². The van der Waals surface area contributed by atoms with E-state index in [1.165, 1.54) is 11.1 Å². The monoisotopic (exact) mass is 424 g/mol. The smallest absolute Gasteiger partial charge is 0.230 e. The van der Waals surface area contributed by atoms with Crippen molar-refractivity contribution in [1.82, 2.24) is 0 Å². The zero-order valence-electron chi connectivity index (χ0n) is 17.8. The molecule has 4 aromatic rings. The standard InChI is InChI=1S/C28H25O2P/c1-21-17-22(2)19-23(18-21)20-24-11-9-10-16-27(24)28(29)31(30,25-12-5-3-6-13-25)26-14-7-4-8-15-26/h3-19H,20H2,1-2H3. The second kappa shape index (κ2) is 8.88. The van der Waals surface area contributed by atoms with Gasteiger partial charge < -0.3 is 4.57 Å². The van der Waals surface area contributed by atoms with Crippen molar-refractivity contribution in [2.45, 2.75) is 20.3 Å². The molecule has 0 N–H and O–H groups in total. The minimum Gasteiger partial charge on any atom is -0.305 e. The Labute approximate surface area is 184 Å². The molecule has 2 nitrogen and oxygen atoms in total. The summed E-state index contributed by atoms with van der Waals surface area (Å²) < 4.78 is 14.5. The molecule has 0 aromatic heterocycles. The molecule has 4 aromatic carbocycles. The minimum absolute atomic E-state index is 0.315. The lowest BCUT2D eigenvalue weighted by Crippen LogP contribution is -2.23. The first-order valence-electron chi connectivity index (χ1n) is 10.4. The summed E-state index contributed by atoms with van der Waals surface area (Å²) in [6, 6.07) is 32.2. The normalized spacial score (nSPS) is 11.3. The third-order valence-corrected chi connectivity index (χ3v) is 8.31. The van der Waals surface area contributed by atoms with Gasteiger partial charge in [0.05, 0.1) is 0 Å². The zero-order valence-corrected chi connectivity index (χ0v) is 18.7. The van der Waals surface area contributed by atoms with E-state index in [2.05, 4.69) is 32.0 Å². The molecule has 0 saturated carbocycles. The first-order valence-corrected chi connectivity index (χ1v) is 12.1. The van der Waals surface area contributed by atoms with E-state index in [-0.39, 0.29) is 5.52 Å². The van der Waals surface area contributed by atoms with E-state index in [1.54, 1.807) is 30.3 Å². The molecule has 0 unspecified atom stereocenters. The fourth-order valence-electron chi connectivity index (χ4n) is 4.10. The van der Waals surface area contributed by atoms with E-state index in [4.69, 9.17) is 0 Å². The summed E-state index contributed by atoms with van der Waals surface area (Å²) in [5, 5.41) is 1.12. The second-order valence-corrected chi connectivity index (χ2v) is 10.6. The molecule has 4 rings (SSSR count). The Hall–Kier alpha value is -3.22. The summed E-state index contributed by atoms with van der Waals surface area (Å²) in [5.74, 6) is 0. The van der Waals surface area contributed by atoms with Crippen molar-refractivity contribution >= 4 is 23.3 Å². The summed E-state index contributed by atoms with van der Waals surface area (Å²) in [5.41, 5.74) is 4.63. The number of carbonyl (C=O) groups excluding carboxylic acids is 1. The van der Waals surface area contributed by atoms with Crippen LogP contribution in [0.3, 0.4) is 0 Å². The van der Waals surface area contributed by atoms with Crippen LogP contribution in [0.15, 0.2) is 103 Å². The van der Waals surface area contributed by atoms with Gasteiger partial charge in [0.2, 0.25) is 12.7 Å². The van der Waals surface area contributed by atoms with Gasteiger partial charge in [0.1, 0.15) is 0 Å². The predicted octanol–water partition coefficient (Wildman–Crippen LogP) is 6.05. The van der Waals surface area contributed by atoms with Gasteiger partial charge in [-0.3, -0.25) is 4.79 Å². The summed E-state index contributed by atoms with van der Waals surface area (Å²) >= 11 is 0. The second-order valence-electron chi connectivity index (χ2n) is 7.92. The molecule has 0 fully saturated rings. The average molecular weight is 424 g/mol. The highest BCUT2D eigenvalue weighted by atomic mass is 31.2. The maximum absolute atomic E-state index is 14.5. The first kappa shape index (κ1) is 21.0. The Morgan fingerprint density at radius 1 is 0.677 bits per heavy atom. The number of hydrogen-bond acceptors (Lipinski definition) is 2. The summed E-state index contributed by atoms with van der Waals surface area (Å²) in [4.78, 5) is 13.9. The number of carbonyl (C=O) groups is 1. The van der Waals surface area contributed by atoms with Crippen LogP contribution in [0.1, 0.15) is 32.6 Å². The first-order chi connectivity index (χ1) is 15.0. The highest BCUT2D eigenvalue weighted by molar-refractivity contribution is 7.93. The maximum Gasteiger partial charge on any atom is 0.230 e. The molecule has 0 aliphatic heterocycles. The van der Waals surface area contributed by atoms with Crippen molar-refractivity contribution in [3.05, 3.63) is 131 Å². The minimum atomic E-state index is -3.53. The number of rotatable bonds is 6. The Morgan fingerprint density at radius 2 is 1.16 bits per heavy atom. The van der Waals surface area contributed by atoms with Crippen LogP contribution in [0.2, 0.25) is 0 Å². The molecule has 0 spiro atoms. The fraction of sp³-hybridized carbons (Fsp3) is 0.107. The molecule has 0 amide bonds. The molecule has 31 heavy (non-hydrogen) atoms. The number of aryl methyl sites for hydroxylation is 2. The van der Waals surface area contributed by atoms with Crippen molar-refractivity contribution in [3.63, 3.8) is 0 Å². The zero-order chi connectivity index (χ0) is 21.8. The molecule has 0 heterocycles. The van der Waals surface area contributed by atoms with Crippen LogP contribution in [-0.4, -0.2) is 5.52 Å². The molecule has 154 valence electrons. The highest BCUT2D eigenvalue weighted by Crippen LogP contribution is 2.47. The average Bonchev–Trinajstić information content (AvgIpc) is 2.79. The van der Waals surface area contributed by atoms with Gasteiger partial charge in [0.25, 0.3) is 0 Å². The van der Waals surface area contributed by atoms with Crippen molar-refractivity contribution < 1.29 is 9.36 Å². The van der Waals surface area contributed by atoms with Gasteiger partial charge in [-0.05, 0) is 31.4 Å². The third-order valence-electron chi connectivity index (χ3n) is 5.45. The van der Waals surface area contributed by atoms with Gasteiger partial charge in [-0.1, -0.05) is 114 Å². The van der Waals surface area contributed by atoms with E-state index in [9.17, 15) is 9.36 Å². The lowest BCUT2D eigenvalue weighted by atomic mass is 9.98.